The number of aromatic nitrogens is 3. The van der Waals surface area contributed by atoms with Gasteiger partial charge in [0.05, 0.1) is 35.7 Å². The maximum atomic E-state index is 14.3. The number of rotatable bonds is 13. The quantitative estimate of drug-likeness (QED) is 0.147. The van der Waals surface area contributed by atoms with E-state index in [-0.39, 0.29) is 23.4 Å². The van der Waals surface area contributed by atoms with E-state index in [2.05, 4.69) is 43.6 Å². The third kappa shape index (κ3) is 8.10. The van der Waals surface area contributed by atoms with Crippen LogP contribution in [0.5, 0.6) is 11.5 Å². The fourth-order valence-corrected chi connectivity index (χ4v) is 3.78. The third-order valence-corrected chi connectivity index (χ3v) is 5.98. The maximum absolute atomic E-state index is 14.3. The Balaban J connectivity index is 1.98. The van der Waals surface area contributed by atoms with Gasteiger partial charge in [0, 0.05) is 43.9 Å². The number of carbonyl (C=O) groups is 1. The lowest BCUT2D eigenvalue weighted by Crippen LogP contribution is -2.29. The summed E-state index contributed by atoms with van der Waals surface area (Å²) in [5, 5.41) is 6.51. The number of methoxy groups -OCH3 is 1. The Hall–Kier alpha value is -4.84. The van der Waals surface area contributed by atoms with E-state index in [1.165, 1.54) is 12.3 Å². The fourth-order valence-electron chi connectivity index (χ4n) is 3.78. The van der Waals surface area contributed by atoms with E-state index in [0.717, 1.165) is 25.2 Å². The number of nitrogens with zero attached hydrogens (tertiary/aromatic N) is 5. The molecule has 1 aromatic carbocycles. The predicted molar refractivity (Wildman–Crippen MR) is 163 cm³/mol. The smallest absolute Gasteiger partial charge is 0.247 e. The Morgan fingerprint density at radius 3 is 2.40 bits per heavy atom. The molecule has 0 saturated heterocycles. The monoisotopic (exact) mass is 579 g/mol. The molecule has 222 valence electrons. The minimum atomic E-state index is -0.909. The van der Waals surface area contributed by atoms with Gasteiger partial charge in [-0.3, -0.25) is 4.79 Å². The minimum Gasteiger partial charge on any atom is -0.494 e. The van der Waals surface area contributed by atoms with Crippen LogP contribution in [0.3, 0.4) is 0 Å². The van der Waals surface area contributed by atoms with Gasteiger partial charge < -0.3 is 29.9 Å². The van der Waals surface area contributed by atoms with Crippen LogP contribution in [0.4, 0.5) is 31.8 Å². The number of hydrogen-bond donors (Lipinski definition) is 2. The number of anilines is 4. The number of fused-ring (bicyclic) bond motifs is 1. The van der Waals surface area contributed by atoms with E-state index in [9.17, 15) is 13.6 Å². The van der Waals surface area contributed by atoms with Crippen LogP contribution in [0.1, 0.15) is 12.6 Å². The molecular formula is C30H35F2N7O3. The van der Waals surface area contributed by atoms with Crippen LogP contribution in [0, 0.1) is 6.92 Å². The van der Waals surface area contributed by atoms with Gasteiger partial charge in [0.15, 0.2) is 17.2 Å². The van der Waals surface area contributed by atoms with Gasteiger partial charge in [0.1, 0.15) is 11.5 Å². The average molecular weight is 580 g/mol. The zero-order valence-electron chi connectivity index (χ0n) is 24.6. The molecule has 1 amide bonds. The number of ether oxygens (including phenoxy) is 2. The number of benzene rings is 1. The fraction of sp³-hybridized carbons (Fsp3) is 0.267. The molecule has 0 aliphatic heterocycles. The normalized spacial score (nSPS) is 12.1. The van der Waals surface area contributed by atoms with E-state index < -0.39 is 11.7 Å². The van der Waals surface area contributed by atoms with Crippen molar-refractivity contribution in [3.63, 3.8) is 0 Å². The molecule has 42 heavy (non-hydrogen) atoms. The number of carbonyl (C=O) groups excluding carboxylic acids is 1. The van der Waals surface area contributed by atoms with Gasteiger partial charge in [-0.2, -0.15) is 4.98 Å². The Bertz CT molecular complexity index is 1550. The first-order valence-electron chi connectivity index (χ1n) is 12.9. The van der Waals surface area contributed by atoms with Gasteiger partial charge in [0.25, 0.3) is 0 Å². The minimum absolute atomic E-state index is 0.220. The zero-order chi connectivity index (χ0) is 31.0. The van der Waals surface area contributed by atoms with Crippen LogP contribution in [-0.4, -0.2) is 67.1 Å². The van der Waals surface area contributed by atoms with Crippen molar-refractivity contribution in [3.8, 4) is 11.5 Å². The molecule has 2 heterocycles. The molecule has 3 aromatic rings. The van der Waals surface area contributed by atoms with E-state index in [1.807, 2.05) is 32.1 Å². The summed E-state index contributed by atoms with van der Waals surface area (Å²) >= 11 is 0. The molecule has 0 bridgehead atoms. The zero-order valence-corrected chi connectivity index (χ0v) is 24.6. The second-order valence-electron chi connectivity index (χ2n) is 9.54. The van der Waals surface area contributed by atoms with Gasteiger partial charge in [-0.25, -0.2) is 18.7 Å². The van der Waals surface area contributed by atoms with E-state index >= 15 is 0 Å². The van der Waals surface area contributed by atoms with Gasteiger partial charge >= 0.3 is 0 Å². The van der Waals surface area contributed by atoms with Crippen LogP contribution in [0.2, 0.25) is 0 Å². The highest BCUT2D eigenvalue weighted by Crippen LogP contribution is 2.38. The highest BCUT2D eigenvalue weighted by atomic mass is 19.1. The van der Waals surface area contributed by atoms with Crippen LogP contribution < -0.4 is 25.0 Å². The molecule has 0 spiro atoms. The summed E-state index contributed by atoms with van der Waals surface area (Å²) in [7, 11) is 7.43. The molecular weight excluding hydrogens is 544 g/mol. The highest BCUT2D eigenvalue weighted by Gasteiger charge is 2.17. The average Bonchev–Trinajstić information content (AvgIpc) is 2.94. The van der Waals surface area contributed by atoms with Crippen LogP contribution in [0.25, 0.3) is 11.0 Å². The maximum Gasteiger partial charge on any atom is 0.247 e. The molecule has 12 heteroatoms. The molecule has 3 rings (SSSR count). The summed E-state index contributed by atoms with van der Waals surface area (Å²) in [6.07, 6.45) is 4.57. The van der Waals surface area contributed by atoms with Gasteiger partial charge in [-0.15, -0.1) is 0 Å². The summed E-state index contributed by atoms with van der Waals surface area (Å²) < 4.78 is 38.7. The first kappa shape index (κ1) is 31.7. The van der Waals surface area contributed by atoms with Crippen LogP contribution in [0.15, 0.2) is 73.2 Å². The van der Waals surface area contributed by atoms with E-state index in [1.54, 1.807) is 26.2 Å². The molecule has 0 radical (unpaired) electrons. The largest absolute Gasteiger partial charge is 0.494 e. The topological polar surface area (TPSA) is 105 Å². The second-order valence-corrected chi connectivity index (χ2v) is 9.54. The molecule has 0 fully saturated rings. The third-order valence-electron chi connectivity index (χ3n) is 5.98. The Labute approximate surface area is 244 Å². The summed E-state index contributed by atoms with van der Waals surface area (Å²) in [5.74, 6) is -1.28. The number of allylic oxidation sites excluding steroid dienone is 4. The Morgan fingerprint density at radius 1 is 1.05 bits per heavy atom. The van der Waals surface area contributed by atoms with Crippen LogP contribution in [-0.2, 0) is 4.79 Å². The summed E-state index contributed by atoms with van der Waals surface area (Å²) in [6, 6.07) is 5.15. The first-order valence-corrected chi connectivity index (χ1v) is 12.9. The van der Waals surface area contributed by atoms with Crippen molar-refractivity contribution in [1.82, 2.24) is 19.9 Å². The molecule has 2 N–H and O–H groups in total. The van der Waals surface area contributed by atoms with Gasteiger partial charge in [0.2, 0.25) is 11.9 Å². The summed E-state index contributed by atoms with van der Waals surface area (Å²) in [4.78, 5) is 29.7. The Kier molecular flexibility index (Phi) is 10.7. The van der Waals surface area contributed by atoms with Crippen molar-refractivity contribution in [1.29, 1.82) is 0 Å². The molecule has 0 atom stereocenters. The number of nitrogens with one attached hydrogen (secondary N) is 2. The number of likely N-dealkylation sites (N-methyl/N-ethyl adjacent to an activating group) is 2. The SMILES string of the molecule is C=CC(=O)Nc1cc(Nc2ncc3cc(O/C(C=C)=C(F)/C=C(\C)F)c(C)nc3n2)c(OC)cc1N(C)CCN(C)C. The lowest BCUT2D eigenvalue weighted by molar-refractivity contribution is -0.111. The summed E-state index contributed by atoms with van der Waals surface area (Å²) in [6.45, 7) is 11.4. The standard InChI is InChI=1S/C30H35F2N7O3/c1-9-25(21(32)13-18(3)31)42-26-14-20-17-33-30(37-29(20)34-19(26)4)36-23-15-22(35-28(40)10-2)24(16-27(23)41-8)39(7)12-11-38(5)6/h9-10,13-17H,1-2,11-12H2,3-8H3,(H,35,40)(H,33,34,36,37)/b18-13+,25-21-. The number of aryl methyl sites for hydroxylation is 1. The molecule has 0 aliphatic rings. The van der Waals surface area contributed by atoms with Crippen molar-refractivity contribution in [2.45, 2.75) is 13.8 Å². The molecule has 0 saturated carbocycles. The highest BCUT2D eigenvalue weighted by molar-refractivity contribution is 6.02. The first-order chi connectivity index (χ1) is 19.9. The lowest BCUT2D eigenvalue weighted by atomic mass is 10.2. The second kappa shape index (κ2) is 14.2. The van der Waals surface area contributed by atoms with Crippen molar-refractivity contribution < 1.29 is 23.0 Å². The van der Waals surface area contributed by atoms with Gasteiger partial charge in [-0.05, 0) is 52.2 Å². The van der Waals surface area contributed by atoms with E-state index in [4.69, 9.17) is 9.47 Å². The number of halogens is 2. The van der Waals surface area contributed by atoms with Crippen molar-refractivity contribution in [2.75, 3.05) is 56.9 Å². The summed E-state index contributed by atoms with van der Waals surface area (Å²) in [5.41, 5.74) is 2.56. The molecule has 10 nitrogen and oxygen atoms in total. The number of pyridine rings is 1. The van der Waals surface area contributed by atoms with Crippen LogP contribution >= 0.6 is 0 Å². The lowest BCUT2D eigenvalue weighted by Gasteiger charge is -2.26. The molecule has 0 unspecified atom stereocenters. The molecule has 2 aromatic heterocycles. The molecule has 0 aliphatic carbocycles. The predicted octanol–water partition coefficient (Wildman–Crippen LogP) is 5.83. The number of hydrogen-bond acceptors (Lipinski definition) is 9. The van der Waals surface area contributed by atoms with Crippen molar-refractivity contribution in [3.05, 3.63) is 78.9 Å². The van der Waals surface area contributed by atoms with Crippen molar-refractivity contribution >= 4 is 40.0 Å². The number of amides is 1. The van der Waals surface area contributed by atoms with Gasteiger partial charge in [-0.1, -0.05) is 13.2 Å². The van der Waals surface area contributed by atoms with E-state index in [0.29, 0.717) is 46.5 Å². The van der Waals surface area contributed by atoms with Crippen molar-refractivity contribution in [2.24, 2.45) is 0 Å². The Morgan fingerprint density at radius 2 is 1.79 bits per heavy atom.